The first-order valence-corrected chi connectivity index (χ1v) is 10.6. The van der Waals surface area contributed by atoms with Crippen LogP contribution in [0.4, 0.5) is 0 Å². The molecule has 1 nitrogen and oxygen atoms in total. The Balaban J connectivity index is 2.39. The fraction of sp³-hybridized carbons (Fsp3) is 0.200. The third kappa shape index (κ3) is 3.90. The van der Waals surface area contributed by atoms with Gasteiger partial charge in [0.25, 0.3) is 0 Å². The van der Waals surface area contributed by atoms with Crippen LogP contribution in [-0.4, -0.2) is 15.2 Å². The summed E-state index contributed by atoms with van der Waals surface area (Å²) >= 11 is 0. The molecular formula is C20H22OSi. The Morgan fingerprint density at radius 2 is 1.86 bits per heavy atom. The van der Waals surface area contributed by atoms with Crippen molar-refractivity contribution in [2.75, 3.05) is 7.11 Å². The third-order valence-electron chi connectivity index (χ3n) is 3.72. The van der Waals surface area contributed by atoms with E-state index in [1.807, 2.05) is 30.3 Å². The van der Waals surface area contributed by atoms with Crippen LogP contribution in [0.3, 0.4) is 0 Å². The average Bonchev–Trinajstić information content (AvgIpc) is 2.53. The van der Waals surface area contributed by atoms with Crippen LogP contribution in [0.1, 0.15) is 11.1 Å². The lowest BCUT2D eigenvalue weighted by molar-refractivity contribution is 0.414. The van der Waals surface area contributed by atoms with Crippen LogP contribution in [0.5, 0.6) is 5.75 Å². The van der Waals surface area contributed by atoms with E-state index in [2.05, 4.69) is 55.8 Å². The maximum atomic E-state index is 5.24. The molecule has 112 valence electrons. The van der Waals surface area contributed by atoms with Gasteiger partial charge in [0.1, 0.15) is 5.75 Å². The first-order chi connectivity index (χ1) is 10.6. The molecule has 2 rings (SSSR count). The molecule has 0 aliphatic heterocycles. The molecule has 2 aromatic carbocycles. The van der Waals surface area contributed by atoms with Crippen LogP contribution in [-0.2, 0) is 0 Å². The quantitative estimate of drug-likeness (QED) is 0.467. The van der Waals surface area contributed by atoms with E-state index in [0.29, 0.717) is 0 Å². The summed E-state index contributed by atoms with van der Waals surface area (Å²) in [6, 6.07) is 17.4. The summed E-state index contributed by atoms with van der Waals surface area (Å²) in [4.78, 5) is 0. The van der Waals surface area contributed by atoms with Crippen molar-refractivity contribution in [1.29, 1.82) is 0 Å². The zero-order valence-electron chi connectivity index (χ0n) is 13.5. The molecule has 0 N–H and O–H groups in total. The van der Waals surface area contributed by atoms with E-state index in [4.69, 9.17) is 4.74 Å². The van der Waals surface area contributed by atoms with E-state index in [9.17, 15) is 0 Å². The van der Waals surface area contributed by atoms with Gasteiger partial charge in [0.05, 0.1) is 15.2 Å². The largest absolute Gasteiger partial charge is 0.497 e. The monoisotopic (exact) mass is 306 g/mol. The molecule has 2 aromatic rings. The van der Waals surface area contributed by atoms with Crippen LogP contribution in [0.2, 0.25) is 19.1 Å². The van der Waals surface area contributed by atoms with E-state index in [1.54, 1.807) is 7.11 Å². The maximum Gasteiger partial charge on any atom is 0.120 e. The molecule has 0 aliphatic rings. The van der Waals surface area contributed by atoms with Gasteiger partial charge in [-0.05, 0) is 35.5 Å². The predicted octanol–water partition coefficient (Wildman–Crippen LogP) is 4.20. The number of hydrogen-bond donors (Lipinski definition) is 0. The SMILES string of the molecule is C=CC[Si](C)(C)c1ccccc1C#Cc1cccc(OC)c1. The highest BCUT2D eigenvalue weighted by Gasteiger charge is 2.23. The van der Waals surface area contributed by atoms with Gasteiger partial charge >= 0.3 is 0 Å². The van der Waals surface area contributed by atoms with E-state index in [-0.39, 0.29) is 0 Å². The number of methoxy groups -OCH3 is 1. The molecular weight excluding hydrogens is 284 g/mol. The van der Waals surface area contributed by atoms with Crippen LogP contribution in [0.25, 0.3) is 0 Å². The maximum absolute atomic E-state index is 5.24. The summed E-state index contributed by atoms with van der Waals surface area (Å²) in [6.45, 7) is 8.62. The summed E-state index contributed by atoms with van der Waals surface area (Å²) in [5.41, 5.74) is 2.10. The summed E-state index contributed by atoms with van der Waals surface area (Å²) < 4.78 is 5.24. The van der Waals surface area contributed by atoms with Crippen molar-refractivity contribution < 1.29 is 4.74 Å². The van der Waals surface area contributed by atoms with Crippen LogP contribution in [0, 0.1) is 11.8 Å². The standard InChI is InChI=1S/C20H22OSi/c1-5-15-22(3,4)20-12-7-6-10-18(20)14-13-17-9-8-11-19(16-17)21-2/h5-12,16H,1,15H2,2-4H3. The highest BCUT2D eigenvalue weighted by molar-refractivity contribution is 6.90. The predicted molar refractivity (Wildman–Crippen MR) is 97.5 cm³/mol. The van der Waals surface area contributed by atoms with E-state index in [1.165, 1.54) is 5.19 Å². The van der Waals surface area contributed by atoms with Crippen molar-refractivity contribution >= 4 is 13.3 Å². The number of rotatable bonds is 4. The van der Waals surface area contributed by atoms with Gasteiger partial charge < -0.3 is 4.74 Å². The Bertz CT molecular complexity index is 720. The second-order valence-electron chi connectivity index (χ2n) is 5.90. The molecule has 0 bridgehead atoms. The fourth-order valence-corrected chi connectivity index (χ4v) is 4.86. The van der Waals surface area contributed by atoms with Crippen LogP contribution >= 0.6 is 0 Å². The first-order valence-electron chi connectivity index (χ1n) is 7.43. The molecule has 0 atom stereocenters. The molecule has 22 heavy (non-hydrogen) atoms. The Kier molecular flexibility index (Phi) is 5.24. The molecule has 0 unspecified atom stereocenters. The summed E-state index contributed by atoms with van der Waals surface area (Å²) in [5.74, 6) is 7.43. The molecule has 0 radical (unpaired) electrons. The minimum absolute atomic E-state index is 0.835. The Morgan fingerprint density at radius 1 is 1.09 bits per heavy atom. The smallest absolute Gasteiger partial charge is 0.120 e. The summed E-state index contributed by atoms with van der Waals surface area (Å²) in [7, 11) is 0.147. The lowest BCUT2D eigenvalue weighted by atomic mass is 10.2. The van der Waals surface area contributed by atoms with E-state index < -0.39 is 8.07 Å². The lowest BCUT2D eigenvalue weighted by Gasteiger charge is -2.22. The van der Waals surface area contributed by atoms with Gasteiger partial charge in [-0.15, -0.1) is 6.58 Å². The van der Waals surface area contributed by atoms with Crippen molar-refractivity contribution in [2.45, 2.75) is 19.1 Å². The first kappa shape index (κ1) is 16.1. The number of benzene rings is 2. The normalized spacial score (nSPS) is 10.5. The van der Waals surface area contributed by atoms with Crippen molar-refractivity contribution in [3.8, 4) is 17.6 Å². The molecule has 0 fully saturated rings. The Morgan fingerprint density at radius 3 is 2.59 bits per heavy atom. The zero-order chi connectivity index (χ0) is 16.0. The van der Waals surface area contributed by atoms with Crippen molar-refractivity contribution in [1.82, 2.24) is 0 Å². The number of ether oxygens (including phenoxy) is 1. The van der Waals surface area contributed by atoms with Gasteiger partial charge in [0, 0.05) is 11.1 Å². The van der Waals surface area contributed by atoms with Crippen molar-refractivity contribution in [2.24, 2.45) is 0 Å². The summed E-state index contributed by atoms with van der Waals surface area (Å²) in [5, 5.41) is 1.39. The van der Waals surface area contributed by atoms with Crippen LogP contribution < -0.4 is 9.92 Å². The molecule has 0 amide bonds. The second kappa shape index (κ2) is 7.15. The van der Waals surface area contributed by atoms with E-state index in [0.717, 1.165) is 22.9 Å². The van der Waals surface area contributed by atoms with Crippen LogP contribution in [0.15, 0.2) is 61.2 Å². The molecule has 2 heteroatoms. The number of allylic oxidation sites excluding steroid dienone is 1. The van der Waals surface area contributed by atoms with E-state index >= 15 is 0 Å². The Hall–Kier alpha value is -2.24. The molecule has 0 heterocycles. The Labute approximate surface area is 134 Å². The van der Waals surface area contributed by atoms with Gasteiger partial charge in [-0.2, -0.15) is 0 Å². The van der Waals surface area contributed by atoms with Gasteiger partial charge in [-0.1, -0.05) is 55.3 Å². The second-order valence-corrected chi connectivity index (χ2v) is 10.6. The van der Waals surface area contributed by atoms with Gasteiger partial charge in [0.15, 0.2) is 0 Å². The van der Waals surface area contributed by atoms with Gasteiger partial charge in [-0.3, -0.25) is 0 Å². The zero-order valence-corrected chi connectivity index (χ0v) is 14.5. The molecule has 0 spiro atoms. The summed E-state index contributed by atoms with van der Waals surface area (Å²) in [6.07, 6.45) is 2.03. The molecule has 0 aromatic heterocycles. The minimum Gasteiger partial charge on any atom is -0.497 e. The highest BCUT2D eigenvalue weighted by Crippen LogP contribution is 2.14. The molecule has 0 aliphatic carbocycles. The molecule has 0 saturated carbocycles. The highest BCUT2D eigenvalue weighted by atomic mass is 28.3. The lowest BCUT2D eigenvalue weighted by Crippen LogP contribution is -2.42. The number of hydrogen-bond acceptors (Lipinski definition) is 1. The van der Waals surface area contributed by atoms with Gasteiger partial charge in [0.2, 0.25) is 0 Å². The third-order valence-corrected chi connectivity index (χ3v) is 6.93. The van der Waals surface area contributed by atoms with Gasteiger partial charge in [-0.25, -0.2) is 0 Å². The fourth-order valence-electron chi connectivity index (χ4n) is 2.49. The van der Waals surface area contributed by atoms with Crippen molar-refractivity contribution in [3.63, 3.8) is 0 Å². The minimum atomic E-state index is -1.53. The van der Waals surface area contributed by atoms with Crippen molar-refractivity contribution in [3.05, 3.63) is 72.3 Å². The average molecular weight is 306 g/mol. The molecule has 0 saturated heterocycles. The topological polar surface area (TPSA) is 9.23 Å².